The summed E-state index contributed by atoms with van der Waals surface area (Å²) in [6, 6.07) is 4.48. The van der Waals surface area contributed by atoms with Crippen LogP contribution in [-0.4, -0.2) is 31.2 Å². The number of carbonyl (C=O) groups is 1. The van der Waals surface area contributed by atoms with Gasteiger partial charge in [-0.05, 0) is 25.1 Å². The molecule has 17 heavy (non-hydrogen) atoms. The topological polar surface area (TPSA) is 67.6 Å². The van der Waals surface area contributed by atoms with E-state index < -0.39 is 6.04 Å². The third kappa shape index (κ3) is 3.59. The van der Waals surface area contributed by atoms with Crippen LogP contribution in [0.4, 0.5) is 11.4 Å². The highest BCUT2D eigenvalue weighted by Gasteiger charge is 2.18. The molecule has 0 fully saturated rings. The van der Waals surface area contributed by atoms with Gasteiger partial charge in [0.25, 0.3) is 0 Å². The lowest BCUT2D eigenvalue weighted by atomic mass is 10.2. The number of nitrogens with two attached hydrogens (primary N) is 1. The van der Waals surface area contributed by atoms with Crippen LogP contribution in [0.2, 0.25) is 5.02 Å². The quantitative estimate of drug-likeness (QED) is 0.637. The summed E-state index contributed by atoms with van der Waals surface area (Å²) in [5.74, 6) is -0.219. The number of anilines is 2. The average Bonchev–Trinajstić information content (AvgIpc) is 2.31. The Hall–Kier alpha value is -1.30. The molecule has 1 amide bonds. The number of carbonyl (C=O) groups excluding carboxylic acids is 1. The second kappa shape index (κ2) is 5.86. The van der Waals surface area contributed by atoms with E-state index in [4.69, 9.17) is 22.2 Å². The van der Waals surface area contributed by atoms with Gasteiger partial charge in [0.2, 0.25) is 5.91 Å². The van der Waals surface area contributed by atoms with Crippen LogP contribution < -0.4 is 11.1 Å². The number of amides is 1. The van der Waals surface area contributed by atoms with E-state index in [1.807, 2.05) is 0 Å². The Morgan fingerprint density at radius 2 is 2.24 bits per heavy atom. The zero-order valence-electron chi connectivity index (χ0n) is 10.0. The molecule has 94 valence electrons. The van der Waals surface area contributed by atoms with E-state index in [9.17, 15) is 4.79 Å². The number of hydrogen-bond donors (Lipinski definition) is 2. The van der Waals surface area contributed by atoms with Gasteiger partial charge in [0, 0.05) is 12.1 Å². The Bertz CT molecular complexity index is 412. The molecule has 1 aromatic rings. The van der Waals surface area contributed by atoms with Gasteiger partial charge >= 0.3 is 0 Å². The molecule has 3 N–H and O–H groups in total. The highest BCUT2D eigenvalue weighted by molar-refractivity contribution is 6.31. The molecule has 1 rings (SSSR count). The smallest absolute Gasteiger partial charge is 0.243 e. The molecule has 5 nitrogen and oxygen atoms in total. The lowest BCUT2D eigenvalue weighted by molar-refractivity contribution is -0.154. The number of rotatable bonds is 4. The van der Waals surface area contributed by atoms with Gasteiger partial charge < -0.3 is 15.9 Å². The maximum Gasteiger partial charge on any atom is 0.243 e. The van der Waals surface area contributed by atoms with Gasteiger partial charge in [-0.15, -0.1) is 0 Å². The van der Waals surface area contributed by atoms with Crippen molar-refractivity contribution in [2.24, 2.45) is 0 Å². The Balaban J connectivity index is 2.77. The van der Waals surface area contributed by atoms with Gasteiger partial charge in [0.15, 0.2) is 0 Å². The Morgan fingerprint density at radius 1 is 1.59 bits per heavy atom. The fourth-order valence-electron chi connectivity index (χ4n) is 1.20. The minimum absolute atomic E-state index is 0.219. The molecule has 0 aliphatic rings. The molecule has 0 saturated heterocycles. The fourth-order valence-corrected chi connectivity index (χ4v) is 1.37. The number of hydroxylamine groups is 2. The van der Waals surface area contributed by atoms with Crippen LogP contribution in [0.1, 0.15) is 6.92 Å². The summed E-state index contributed by atoms with van der Waals surface area (Å²) in [5, 5.41) is 4.65. The normalized spacial score (nSPS) is 12.5. The summed E-state index contributed by atoms with van der Waals surface area (Å²) in [6.07, 6.45) is 0. The first-order valence-corrected chi connectivity index (χ1v) is 5.46. The van der Waals surface area contributed by atoms with Crippen LogP contribution in [0, 0.1) is 0 Å². The van der Waals surface area contributed by atoms with Gasteiger partial charge in [0.05, 0.1) is 18.5 Å². The van der Waals surface area contributed by atoms with E-state index >= 15 is 0 Å². The summed E-state index contributed by atoms with van der Waals surface area (Å²) in [4.78, 5) is 16.8. The van der Waals surface area contributed by atoms with Crippen molar-refractivity contribution >= 4 is 28.9 Å². The summed E-state index contributed by atoms with van der Waals surface area (Å²) >= 11 is 5.83. The van der Waals surface area contributed by atoms with Crippen molar-refractivity contribution in [3.63, 3.8) is 0 Å². The standard InChI is InChI=1S/C11H16ClN3O2/c1-7(15(2)17-3)11(16)14-10-6-8(12)4-5-9(10)13/h4-7H,13H2,1-3H3,(H,14,16). The zero-order valence-corrected chi connectivity index (χ0v) is 10.8. The van der Waals surface area contributed by atoms with Gasteiger partial charge in [-0.1, -0.05) is 11.6 Å². The number of hydrogen-bond acceptors (Lipinski definition) is 4. The van der Waals surface area contributed by atoms with Crippen molar-refractivity contribution in [3.05, 3.63) is 23.2 Å². The van der Waals surface area contributed by atoms with Gasteiger partial charge in [-0.2, -0.15) is 5.06 Å². The van der Waals surface area contributed by atoms with Crippen molar-refractivity contribution in [3.8, 4) is 0 Å². The highest BCUT2D eigenvalue weighted by atomic mass is 35.5. The van der Waals surface area contributed by atoms with Crippen LogP contribution in [-0.2, 0) is 9.63 Å². The number of likely N-dealkylation sites (N-methyl/N-ethyl adjacent to an activating group) is 1. The van der Waals surface area contributed by atoms with Crippen molar-refractivity contribution in [2.45, 2.75) is 13.0 Å². The number of nitrogen functional groups attached to an aromatic ring is 1. The number of benzene rings is 1. The van der Waals surface area contributed by atoms with E-state index in [1.165, 1.54) is 12.2 Å². The second-order valence-electron chi connectivity index (χ2n) is 3.63. The largest absolute Gasteiger partial charge is 0.397 e. The van der Waals surface area contributed by atoms with Crippen LogP contribution in [0.5, 0.6) is 0 Å². The molecule has 6 heteroatoms. The lowest BCUT2D eigenvalue weighted by Crippen LogP contribution is -2.38. The van der Waals surface area contributed by atoms with Crippen LogP contribution >= 0.6 is 11.6 Å². The van der Waals surface area contributed by atoms with Crippen molar-refractivity contribution in [2.75, 3.05) is 25.2 Å². The lowest BCUT2D eigenvalue weighted by Gasteiger charge is -2.21. The predicted octanol–water partition coefficient (Wildman–Crippen LogP) is 1.74. The first kappa shape index (κ1) is 13.8. The minimum Gasteiger partial charge on any atom is -0.397 e. The molecule has 0 aliphatic heterocycles. The monoisotopic (exact) mass is 257 g/mol. The molecule has 1 atom stereocenters. The summed E-state index contributed by atoms with van der Waals surface area (Å²) in [6.45, 7) is 1.72. The van der Waals surface area contributed by atoms with Crippen LogP contribution in [0.3, 0.4) is 0 Å². The zero-order chi connectivity index (χ0) is 13.0. The molecule has 0 aromatic heterocycles. The third-order valence-corrected chi connectivity index (χ3v) is 2.72. The molecule has 0 aliphatic carbocycles. The first-order chi connectivity index (χ1) is 7.95. The van der Waals surface area contributed by atoms with Gasteiger partial charge in [-0.25, -0.2) is 0 Å². The maximum atomic E-state index is 11.8. The first-order valence-electron chi connectivity index (χ1n) is 5.08. The van der Waals surface area contributed by atoms with Crippen molar-refractivity contribution < 1.29 is 9.63 Å². The number of halogens is 1. The summed E-state index contributed by atoms with van der Waals surface area (Å²) in [7, 11) is 3.17. The summed E-state index contributed by atoms with van der Waals surface area (Å²) in [5.41, 5.74) is 6.69. The van der Waals surface area contributed by atoms with E-state index in [0.717, 1.165) is 0 Å². The summed E-state index contributed by atoms with van der Waals surface area (Å²) < 4.78 is 0. The number of nitrogens with zero attached hydrogens (tertiary/aromatic N) is 1. The molecule has 0 spiro atoms. The molecule has 0 bridgehead atoms. The fraction of sp³-hybridized carbons (Fsp3) is 0.364. The number of nitrogens with one attached hydrogen (secondary N) is 1. The van der Waals surface area contributed by atoms with E-state index in [0.29, 0.717) is 16.4 Å². The van der Waals surface area contributed by atoms with Crippen molar-refractivity contribution in [1.82, 2.24) is 5.06 Å². The van der Waals surface area contributed by atoms with Gasteiger partial charge in [-0.3, -0.25) is 4.79 Å². The predicted molar refractivity (Wildman–Crippen MR) is 68.7 cm³/mol. The van der Waals surface area contributed by atoms with E-state index in [1.54, 1.807) is 32.2 Å². The van der Waals surface area contributed by atoms with Crippen molar-refractivity contribution in [1.29, 1.82) is 0 Å². The Morgan fingerprint density at radius 3 is 2.82 bits per heavy atom. The molecule has 1 unspecified atom stereocenters. The van der Waals surface area contributed by atoms with E-state index in [2.05, 4.69) is 5.32 Å². The molecule has 1 aromatic carbocycles. The van der Waals surface area contributed by atoms with E-state index in [-0.39, 0.29) is 5.91 Å². The minimum atomic E-state index is -0.432. The molecule has 0 radical (unpaired) electrons. The van der Waals surface area contributed by atoms with Gasteiger partial charge in [0.1, 0.15) is 6.04 Å². The van der Waals surface area contributed by atoms with Crippen LogP contribution in [0.25, 0.3) is 0 Å². The molecular formula is C11H16ClN3O2. The van der Waals surface area contributed by atoms with Crippen LogP contribution in [0.15, 0.2) is 18.2 Å². The second-order valence-corrected chi connectivity index (χ2v) is 4.06. The Labute approximate surface area is 105 Å². The Kier molecular flexibility index (Phi) is 4.74. The SMILES string of the molecule is CON(C)C(C)C(=O)Nc1cc(Cl)ccc1N. The molecule has 0 saturated carbocycles. The highest BCUT2D eigenvalue weighted by Crippen LogP contribution is 2.23. The molecule has 0 heterocycles. The molecular weight excluding hydrogens is 242 g/mol. The average molecular weight is 258 g/mol. The maximum absolute atomic E-state index is 11.8. The third-order valence-electron chi connectivity index (χ3n) is 2.49.